The zero-order valence-corrected chi connectivity index (χ0v) is 11.1. The van der Waals surface area contributed by atoms with Crippen LogP contribution in [0.5, 0.6) is 5.75 Å². The van der Waals surface area contributed by atoms with Gasteiger partial charge in [-0.15, -0.1) is 0 Å². The van der Waals surface area contributed by atoms with Gasteiger partial charge in [-0.3, -0.25) is 10.1 Å². The molecule has 4 nitrogen and oxygen atoms in total. The molecule has 1 aliphatic rings. The van der Waals surface area contributed by atoms with Crippen LogP contribution in [-0.4, -0.2) is 18.6 Å². The highest BCUT2D eigenvalue weighted by molar-refractivity contribution is 5.88. The zero-order valence-electron chi connectivity index (χ0n) is 11.1. The molecule has 1 aliphatic heterocycles. The maximum absolute atomic E-state index is 12.1. The second-order valence-electron chi connectivity index (χ2n) is 5.18. The molecule has 2 unspecified atom stereocenters. The topological polar surface area (TPSA) is 64.3 Å². The quantitative estimate of drug-likeness (QED) is 0.849. The van der Waals surface area contributed by atoms with Crippen molar-refractivity contribution in [2.24, 2.45) is 11.7 Å². The molecule has 4 heteroatoms. The number of benzene rings is 1. The summed E-state index contributed by atoms with van der Waals surface area (Å²) in [7, 11) is 0. The van der Waals surface area contributed by atoms with Crippen LogP contribution in [0.15, 0.2) is 24.3 Å². The van der Waals surface area contributed by atoms with Crippen molar-refractivity contribution in [1.29, 1.82) is 0 Å². The van der Waals surface area contributed by atoms with E-state index >= 15 is 0 Å². The maximum Gasteiger partial charge on any atom is 0.242 e. The van der Waals surface area contributed by atoms with Crippen LogP contribution in [0.4, 0.5) is 0 Å². The zero-order chi connectivity index (χ0) is 13.3. The molecule has 0 aliphatic carbocycles. The number of amides is 1. The second-order valence-corrected chi connectivity index (χ2v) is 5.18. The third-order valence-electron chi connectivity index (χ3n) is 3.44. The third-order valence-corrected chi connectivity index (χ3v) is 3.44. The first-order chi connectivity index (χ1) is 8.48. The number of hydrogen-bond acceptors (Lipinski definition) is 3. The van der Waals surface area contributed by atoms with E-state index < -0.39 is 5.54 Å². The molecule has 3 N–H and O–H groups in total. The van der Waals surface area contributed by atoms with Crippen LogP contribution >= 0.6 is 0 Å². The fourth-order valence-corrected chi connectivity index (χ4v) is 2.65. The van der Waals surface area contributed by atoms with Crippen molar-refractivity contribution in [1.82, 2.24) is 5.32 Å². The van der Waals surface area contributed by atoms with E-state index in [1.807, 2.05) is 45.0 Å². The largest absolute Gasteiger partial charge is 0.493 e. The number of primary amides is 1. The molecule has 2 atom stereocenters. The van der Waals surface area contributed by atoms with Gasteiger partial charge in [-0.05, 0) is 19.9 Å². The van der Waals surface area contributed by atoms with Crippen molar-refractivity contribution in [2.45, 2.75) is 32.4 Å². The number of fused-ring (bicyclic) bond motifs is 1. The second kappa shape index (κ2) is 4.61. The van der Waals surface area contributed by atoms with Gasteiger partial charge in [-0.25, -0.2) is 0 Å². The van der Waals surface area contributed by atoms with E-state index in [-0.39, 0.29) is 17.9 Å². The molecule has 98 valence electrons. The Bertz CT molecular complexity index is 459. The molecule has 0 bridgehead atoms. The van der Waals surface area contributed by atoms with E-state index in [9.17, 15) is 4.79 Å². The lowest BCUT2D eigenvalue weighted by Gasteiger charge is -2.43. The number of hydrogen-bond donors (Lipinski definition) is 2. The molecule has 1 aromatic rings. The van der Waals surface area contributed by atoms with Crippen LogP contribution < -0.4 is 15.8 Å². The van der Waals surface area contributed by atoms with Crippen LogP contribution in [0, 0.1) is 5.92 Å². The Morgan fingerprint density at radius 2 is 2.17 bits per heavy atom. The molecule has 0 fully saturated rings. The van der Waals surface area contributed by atoms with Gasteiger partial charge in [0.05, 0.1) is 6.61 Å². The Morgan fingerprint density at radius 1 is 1.50 bits per heavy atom. The highest BCUT2D eigenvalue weighted by atomic mass is 16.5. The first-order valence-corrected chi connectivity index (χ1v) is 6.28. The fraction of sp³-hybridized carbons (Fsp3) is 0.500. The van der Waals surface area contributed by atoms with Crippen molar-refractivity contribution in [3.63, 3.8) is 0 Å². The van der Waals surface area contributed by atoms with E-state index in [4.69, 9.17) is 10.5 Å². The molecule has 1 heterocycles. The highest BCUT2D eigenvalue weighted by Crippen LogP contribution is 2.40. The summed E-state index contributed by atoms with van der Waals surface area (Å²) in [5, 5.41) is 3.35. The molecule has 0 saturated carbocycles. The predicted octanol–water partition coefficient (Wildman–Crippen LogP) is 1.39. The summed E-state index contributed by atoms with van der Waals surface area (Å²) in [4.78, 5) is 12.1. The summed E-state index contributed by atoms with van der Waals surface area (Å²) in [5.41, 5.74) is 5.69. The molecular formula is C14H20N2O2. The minimum absolute atomic E-state index is 0.00713. The van der Waals surface area contributed by atoms with Gasteiger partial charge in [0.25, 0.3) is 0 Å². The summed E-state index contributed by atoms with van der Waals surface area (Å²) >= 11 is 0. The third kappa shape index (κ3) is 1.86. The first-order valence-electron chi connectivity index (χ1n) is 6.28. The molecule has 2 rings (SSSR count). The molecule has 1 aromatic carbocycles. The number of carbonyl (C=O) groups excluding carboxylic acids is 1. The number of rotatable bonds is 3. The minimum Gasteiger partial charge on any atom is -0.493 e. The maximum atomic E-state index is 12.1. The van der Waals surface area contributed by atoms with E-state index in [2.05, 4.69) is 5.32 Å². The summed E-state index contributed by atoms with van der Waals surface area (Å²) in [5.74, 6) is 0.384. The smallest absolute Gasteiger partial charge is 0.242 e. The van der Waals surface area contributed by atoms with Crippen LogP contribution in [-0.2, 0) is 10.3 Å². The lowest BCUT2D eigenvalue weighted by atomic mass is 9.76. The normalized spacial score (nSPS) is 26.6. The average Bonchev–Trinajstić information content (AvgIpc) is 2.32. The Hall–Kier alpha value is -1.55. The van der Waals surface area contributed by atoms with E-state index in [0.29, 0.717) is 6.61 Å². The van der Waals surface area contributed by atoms with Gasteiger partial charge in [0.15, 0.2) is 0 Å². The van der Waals surface area contributed by atoms with Crippen molar-refractivity contribution in [3.8, 4) is 5.75 Å². The molecule has 0 spiro atoms. The Morgan fingerprint density at radius 3 is 2.78 bits per heavy atom. The van der Waals surface area contributed by atoms with Gasteiger partial charge < -0.3 is 10.5 Å². The molecule has 0 aromatic heterocycles. The number of nitrogens with two attached hydrogens (primary N) is 1. The predicted molar refractivity (Wildman–Crippen MR) is 70.2 cm³/mol. The van der Waals surface area contributed by atoms with Crippen LogP contribution in [0.1, 0.15) is 26.3 Å². The highest BCUT2D eigenvalue weighted by Gasteiger charge is 2.48. The van der Waals surface area contributed by atoms with Crippen LogP contribution in [0.2, 0.25) is 0 Å². The summed E-state index contributed by atoms with van der Waals surface area (Å²) < 4.78 is 5.67. The monoisotopic (exact) mass is 248 g/mol. The fourth-order valence-electron chi connectivity index (χ4n) is 2.65. The van der Waals surface area contributed by atoms with Crippen molar-refractivity contribution < 1.29 is 9.53 Å². The van der Waals surface area contributed by atoms with Crippen molar-refractivity contribution in [2.75, 3.05) is 6.61 Å². The average molecular weight is 248 g/mol. The molecule has 1 amide bonds. The van der Waals surface area contributed by atoms with E-state index in [1.54, 1.807) is 0 Å². The van der Waals surface area contributed by atoms with Crippen LogP contribution in [0.3, 0.4) is 0 Å². The van der Waals surface area contributed by atoms with Gasteiger partial charge in [-0.2, -0.15) is 0 Å². The molecule has 0 saturated heterocycles. The molecule has 18 heavy (non-hydrogen) atoms. The number of nitrogens with one attached hydrogen (secondary N) is 1. The number of para-hydroxylation sites is 1. The lowest BCUT2D eigenvalue weighted by Crippen LogP contribution is -2.61. The van der Waals surface area contributed by atoms with E-state index in [1.165, 1.54) is 0 Å². The van der Waals surface area contributed by atoms with Gasteiger partial charge in [0.2, 0.25) is 5.91 Å². The van der Waals surface area contributed by atoms with Crippen molar-refractivity contribution in [3.05, 3.63) is 29.8 Å². The van der Waals surface area contributed by atoms with Gasteiger partial charge in [0, 0.05) is 17.5 Å². The summed E-state index contributed by atoms with van der Waals surface area (Å²) in [6.07, 6.45) is 0. The SMILES string of the molecule is CC(C)NC1(C(N)=O)c2ccccc2OCC1C. The van der Waals surface area contributed by atoms with Gasteiger partial charge >= 0.3 is 0 Å². The number of carbonyl (C=O) groups is 1. The standard InChI is InChI=1S/C14H20N2O2/c1-9(2)16-14(13(15)17)10(3)8-18-12-7-5-4-6-11(12)14/h4-7,9-10,16H,8H2,1-3H3,(H2,15,17). The first kappa shape index (κ1) is 12.9. The van der Waals surface area contributed by atoms with Gasteiger partial charge in [-0.1, -0.05) is 25.1 Å². The van der Waals surface area contributed by atoms with Crippen molar-refractivity contribution >= 4 is 5.91 Å². The number of ether oxygens (including phenoxy) is 1. The minimum atomic E-state index is -0.844. The summed E-state index contributed by atoms with van der Waals surface area (Å²) in [6.45, 7) is 6.49. The Labute approximate surface area is 108 Å². The van der Waals surface area contributed by atoms with Gasteiger partial charge in [0.1, 0.15) is 11.3 Å². The molecule has 0 radical (unpaired) electrons. The summed E-state index contributed by atoms with van der Waals surface area (Å²) in [6, 6.07) is 7.74. The van der Waals surface area contributed by atoms with Crippen LogP contribution in [0.25, 0.3) is 0 Å². The lowest BCUT2D eigenvalue weighted by molar-refractivity contribution is -0.129. The Balaban J connectivity index is 2.59. The molecular weight excluding hydrogens is 228 g/mol. The van der Waals surface area contributed by atoms with E-state index in [0.717, 1.165) is 11.3 Å². The Kier molecular flexibility index (Phi) is 3.30.